The molecule has 108 valence electrons. The van der Waals surface area contributed by atoms with Gasteiger partial charge in [0.15, 0.2) is 0 Å². The fourth-order valence-corrected chi connectivity index (χ4v) is 2.76. The van der Waals surface area contributed by atoms with Gasteiger partial charge < -0.3 is 9.53 Å². The Morgan fingerprint density at radius 3 is 2.42 bits per heavy atom. The summed E-state index contributed by atoms with van der Waals surface area (Å²) in [6.07, 6.45) is 1.51. The van der Waals surface area contributed by atoms with Crippen molar-refractivity contribution in [1.82, 2.24) is 0 Å². The van der Waals surface area contributed by atoms with Crippen LogP contribution >= 0.6 is 11.6 Å². The number of aryl methyl sites for hydroxylation is 1. The van der Waals surface area contributed by atoms with Gasteiger partial charge in [-0.15, -0.1) is 0 Å². The van der Waals surface area contributed by atoms with Crippen molar-refractivity contribution in [3.8, 4) is 5.75 Å². The highest BCUT2D eigenvalue weighted by Crippen LogP contribution is 2.38. The van der Waals surface area contributed by atoms with Crippen LogP contribution in [0.4, 0.5) is 0 Å². The van der Waals surface area contributed by atoms with E-state index in [4.69, 9.17) is 21.1 Å². The number of benzene rings is 1. The lowest BCUT2D eigenvalue weighted by Gasteiger charge is -2.36. The van der Waals surface area contributed by atoms with Crippen LogP contribution in [-0.2, 0) is 6.42 Å². The van der Waals surface area contributed by atoms with Gasteiger partial charge in [0.1, 0.15) is 5.75 Å². The Morgan fingerprint density at radius 1 is 1.26 bits per heavy atom. The Bertz CT molecular complexity index is 425. The Labute approximate surface area is 122 Å². The minimum absolute atomic E-state index is 0.178. The molecule has 2 nitrogen and oxygen atoms in total. The predicted octanol–water partition coefficient (Wildman–Crippen LogP) is 4.65. The predicted molar refractivity (Wildman–Crippen MR) is 84.7 cm³/mol. The lowest BCUT2D eigenvalue weighted by Crippen LogP contribution is -2.43. The normalized spacial score (nSPS) is 12.6. The van der Waals surface area contributed by atoms with Gasteiger partial charge in [-0.2, -0.15) is 0 Å². The summed E-state index contributed by atoms with van der Waals surface area (Å²) in [5.41, 5.74) is 1.05. The summed E-state index contributed by atoms with van der Waals surface area (Å²) in [5, 5.41) is 9.84. The summed E-state index contributed by atoms with van der Waals surface area (Å²) in [4.78, 5) is 0. The fraction of sp³-hybridized carbons (Fsp3) is 0.600. The van der Waals surface area contributed by atoms with Crippen molar-refractivity contribution in [2.45, 2.75) is 51.7 Å². The van der Waals surface area contributed by atoms with Gasteiger partial charge in [-0.3, -0.25) is 0 Å². The largest absolute Gasteiger partial charge is 0.543 e. The average molecular weight is 301 g/mol. The summed E-state index contributed by atoms with van der Waals surface area (Å²) in [6, 6.07) is 5.83. The van der Waals surface area contributed by atoms with Crippen molar-refractivity contribution in [3.05, 3.63) is 28.8 Å². The first-order valence-electron chi connectivity index (χ1n) is 6.76. The topological polar surface area (TPSA) is 29.5 Å². The number of aliphatic hydroxyl groups is 1. The molecule has 1 aromatic rings. The second kappa shape index (κ2) is 6.29. The molecule has 1 aromatic carbocycles. The zero-order chi connectivity index (χ0) is 14.7. The van der Waals surface area contributed by atoms with E-state index in [0.29, 0.717) is 0 Å². The molecule has 0 bridgehead atoms. The third kappa shape index (κ3) is 4.51. The van der Waals surface area contributed by atoms with E-state index < -0.39 is 8.32 Å². The average Bonchev–Trinajstić information content (AvgIpc) is 2.28. The maximum atomic E-state index is 8.91. The molecule has 19 heavy (non-hydrogen) atoms. The van der Waals surface area contributed by atoms with E-state index in [1.165, 1.54) is 0 Å². The monoisotopic (exact) mass is 300 g/mol. The van der Waals surface area contributed by atoms with Crippen molar-refractivity contribution < 1.29 is 9.53 Å². The summed E-state index contributed by atoms with van der Waals surface area (Å²) in [6.45, 7) is 11.3. The van der Waals surface area contributed by atoms with Gasteiger partial charge in [0.2, 0.25) is 8.32 Å². The second-order valence-electron chi connectivity index (χ2n) is 6.44. The molecule has 0 heterocycles. The zero-order valence-electron chi connectivity index (χ0n) is 12.6. The van der Waals surface area contributed by atoms with Gasteiger partial charge in [-0.05, 0) is 54.7 Å². The van der Waals surface area contributed by atoms with E-state index in [1.54, 1.807) is 0 Å². The van der Waals surface area contributed by atoms with Gasteiger partial charge in [0, 0.05) is 11.6 Å². The minimum Gasteiger partial charge on any atom is -0.543 e. The van der Waals surface area contributed by atoms with Gasteiger partial charge in [0.05, 0.1) is 0 Å². The van der Waals surface area contributed by atoms with Gasteiger partial charge in [-0.25, -0.2) is 0 Å². The third-order valence-corrected chi connectivity index (χ3v) is 8.53. The molecule has 0 fully saturated rings. The van der Waals surface area contributed by atoms with Crippen LogP contribution in [0.15, 0.2) is 18.2 Å². The van der Waals surface area contributed by atoms with Crippen molar-refractivity contribution in [2.75, 3.05) is 6.61 Å². The van der Waals surface area contributed by atoms with Crippen LogP contribution in [-0.4, -0.2) is 20.0 Å². The quantitative estimate of drug-likeness (QED) is 0.802. The van der Waals surface area contributed by atoms with Crippen LogP contribution in [0.2, 0.25) is 23.2 Å². The molecule has 0 aliphatic heterocycles. The van der Waals surface area contributed by atoms with E-state index in [2.05, 4.69) is 33.9 Å². The van der Waals surface area contributed by atoms with Crippen LogP contribution in [0.3, 0.4) is 0 Å². The molecule has 4 heteroatoms. The molecule has 0 saturated carbocycles. The number of hydrogen-bond donors (Lipinski definition) is 1. The van der Waals surface area contributed by atoms with Crippen LogP contribution in [0, 0.1) is 0 Å². The van der Waals surface area contributed by atoms with E-state index in [-0.39, 0.29) is 11.6 Å². The molecular formula is C15H25ClO2Si. The summed E-state index contributed by atoms with van der Waals surface area (Å²) in [7, 11) is -1.81. The molecule has 1 N–H and O–H groups in total. The van der Waals surface area contributed by atoms with Gasteiger partial charge in [0.25, 0.3) is 0 Å². The Hall–Kier alpha value is -0.513. The highest BCUT2D eigenvalue weighted by atomic mass is 35.5. The minimum atomic E-state index is -1.81. The van der Waals surface area contributed by atoms with Crippen LogP contribution in [0.25, 0.3) is 0 Å². The van der Waals surface area contributed by atoms with Gasteiger partial charge in [-0.1, -0.05) is 32.4 Å². The first-order chi connectivity index (χ1) is 8.67. The lowest BCUT2D eigenvalue weighted by atomic mass is 10.1. The molecule has 0 radical (unpaired) electrons. The van der Waals surface area contributed by atoms with Crippen LogP contribution < -0.4 is 4.43 Å². The Morgan fingerprint density at radius 2 is 1.89 bits per heavy atom. The van der Waals surface area contributed by atoms with E-state index in [0.717, 1.165) is 29.2 Å². The van der Waals surface area contributed by atoms with Crippen molar-refractivity contribution in [1.29, 1.82) is 0 Å². The molecule has 0 unspecified atom stereocenters. The number of rotatable bonds is 5. The molecule has 0 saturated heterocycles. The zero-order valence-corrected chi connectivity index (χ0v) is 14.3. The number of halogens is 1. The molecule has 0 aromatic heterocycles. The van der Waals surface area contributed by atoms with E-state index in [1.807, 2.05) is 18.2 Å². The van der Waals surface area contributed by atoms with Crippen LogP contribution in [0.5, 0.6) is 5.75 Å². The maximum absolute atomic E-state index is 8.91. The first kappa shape index (κ1) is 16.5. The highest BCUT2D eigenvalue weighted by Gasteiger charge is 2.38. The Balaban J connectivity index is 2.91. The summed E-state index contributed by atoms with van der Waals surface area (Å²) < 4.78 is 6.26. The molecule has 0 aliphatic rings. The summed E-state index contributed by atoms with van der Waals surface area (Å²) >= 11 is 6.17. The molecule has 0 amide bonds. The highest BCUT2D eigenvalue weighted by molar-refractivity contribution is 6.74. The van der Waals surface area contributed by atoms with E-state index in [9.17, 15) is 0 Å². The van der Waals surface area contributed by atoms with Crippen molar-refractivity contribution >= 4 is 19.9 Å². The fourth-order valence-electron chi connectivity index (χ4n) is 1.52. The first-order valence-corrected chi connectivity index (χ1v) is 10.0. The molecular weight excluding hydrogens is 276 g/mol. The van der Waals surface area contributed by atoms with Crippen molar-refractivity contribution in [2.24, 2.45) is 0 Å². The lowest BCUT2D eigenvalue weighted by molar-refractivity contribution is 0.288. The maximum Gasteiger partial charge on any atom is 0.250 e. The van der Waals surface area contributed by atoms with Crippen molar-refractivity contribution in [3.63, 3.8) is 0 Å². The Kier molecular flexibility index (Phi) is 5.48. The SMILES string of the molecule is CC(C)(C)[Si](C)(C)Oc1ccc(Cl)c(CCCO)c1. The second-order valence-corrected chi connectivity index (χ2v) is 11.6. The molecule has 0 aliphatic carbocycles. The molecule has 1 rings (SSSR count). The standard InChI is InChI=1S/C15H25ClO2Si/c1-15(2,3)19(4,5)18-13-8-9-14(16)12(11-13)7-6-10-17/h8-9,11,17H,6-7,10H2,1-5H3. The summed E-state index contributed by atoms with van der Waals surface area (Å²) in [5.74, 6) is 0.893. The van der Waals surface area contributed by atoms with Crippen LogP contribution in [0.1, 0.15) is 32.8 Å². The molecule has 0 spiro atoms. The number of aliphatic hydroxyl groups excluding tert-OH is 1. The third-order valence-electron chi connectivity index (χ3n) is 3.80. The number of hydrogen-bond acceptors (Lipinski definition) is 2. The van der Waals surface area contributed by atoms with E-state index >= 15 is 0 Å². The smallest absolute Gasteiger partial charge is 0.250 e. The molecule has 0 atom stereocenters. The van der Waals surface area contributed by atoms with Gasteiger partial charge >= 0.3 is 0 Å².